The van der Waals surface area contributed by atoms with Gasteiger partial charge in [-0.1, -0.05) is 0 Å². The highest BCUT2D eigenvalue weighted by Gasteiger charge is 2.32. The average Bonchev–Trinajstić information content (AvgIpc) is 2.51. The fourth-order valence-electron chi connectivity index (χ4n) is 2.57. The summed E-state index contributed by atoms with van der Waals surface area (Å²) in [5, 5.41) is 18.3. The molecule has 0 fully saturated rings. The number of carboxylic acid groups (broad SMARTS) is 2. The molecule has 0 saturated carbocycles. The summed E-state index contributed by atoms with van der Waals surface area (Å²) in [6.07, 6.45) is 0. The number of nitrogens with two attached hydrogens (primary N) is 1. The van der Waals surface area contributed by atoms with Gasteiger partial charge in [0, 0.05) is 27.9 Å². The first kappa shape index (κ1) is 14.5. The number of nitrogen functional groups attached to an aromatic ring is 1. The van der Waals surface area contributed by atoms with Gasteiger partial charge in [-0.15, -0.1) is 0 Å². The minimum Gasteiger partial charge on any atom is -0.478 e. The lowest BCUT2D eigenvalue weighted by atomic mass is 9.82. The summed E-state index contributed by atoms with van der Waals surface area (Å²) in [6, 6.07) is 6.04. The first-order valence-corrected chi connectivity index (χ1v) is 6.45. The Morgan fingerprint density at radius 1 is 0.739 bits per heavy atom. The summed E-state index contributed by atoms with van der Waals surface area (Å²) < 4.78 is 0. The summed E-state index contributed by atoms with van der Waals surface area (Å²) in [7, 11) is 0. The predicted octanol–water partition coefficient (Wildman–Crippen LogP) is 1.44. The van der Waals surface area contributed by atoms with Gasteiger partial charge in [0.05, 0.1) is 11.1 Å². The maximum absolute atomic E-state index is 12.5. The third-order valence-electron chi connectivity index (χ3n) is 3.64. The van der Waals surface area contributed by atoms with Crippen LogP contribution in [0.4, 0.5) is 5.69 Å². The molecule has 0 aromatic heterocycles. The van der Waals surface area contributed by atoms with Crippen LogP contribution in [0.2, 0.25) is 0 Å². The molecule has 1 aliphatic carbocycles. The van der Waals surface area contributed by atoms with Gasteiger partial charge < -0.3 is 15.9 Å². The smallest absolute Gasteiger partial charge is 0.336 e. The lowest BCUT2D eigenvalue weighted by molar-refractivity contribution is 0.0651. The summed E-state index contributed by atoms with van der Waals surface area (Å²) in [5.41, 5.74) is 4.71. The Balaban J connectivity index is 2.33. The number of carbonyl (C=O) groups excluding carboxylic acids is 2. The lowest BCUT2D eigenvalue weighted by Crippen LogP contribution is -2.23. The monoisotopic (exact) mass is 311 g/mol. The van der Waals surface area contributed by atoms with Crippen LogP contribution in [0.15, 0.2) is 30.3 Å². The van der Waals surface area contributed by atoms with E-state index in [1.165, 1.54) is 18.2 Å². The number of benzene rings is 2. The molecule has 0 amide bonds. The molecule has 1 aliphatic rings. The molecular weight excluding hydrogens is 302 g/mol. The molecule has 114 valence electrons. The van der Waals surface area contributed by atoms with Crippen molar-refractivity contribution in [2.24, 2.45) is 0 Å². The fourth-order valence-corrected chi connectivity index (χ4v) is 2.57. The zero-order chi connectivity index (χ0) is 16.9. The van der Waals surface area contributed by atoms with Crippen LogP contribution in [0.3, 0.4) is 0 Å². The fraction of sp³-hybridized carbons (Fsp3) is 0. The van der Waals surface area contributed by atoms with Gasteiger partial charge in [-0.25, -0.2) is 9.59 Å². The van der Waals surface area contributed by atoms with Crippen LogP contribution in [-0.4, -0.2) is 33.7 Å². The summed E-state index contributed by atoms with van der Waals surface area (Å²) in [5.74, 6) is -4.10. The standard InChI is InChI=1S/C16H9NO6/c17-6-1-2-7-8(3-6)14(19)10-5-12(16(22)23)11(15(20)21)4-9(10)13(7)18/h1-5H,17H2,(H,20,21)(H,22,23). The molecule has 0 unspecified atom stereocenters. The van der Waals surface area contributed by atoms with Crippen LogP contribution in [0, 0.1) is 0 Å². The van der Waals surface area contributed by atoms with Crippen molar-refractivity contribution >= 4 is 29.2 Å². The average molecular weight is 311 g/mol. The van der Waals surface area contributed by atoms with E-state index in [4.69, 9.17) is 15.9 Å². The van der Waals surface area contributed by atoms with Gasteiger partial charge in [-0.2, -0.15) is 0 Å². The molecule has 0 saturated heterocycles. The van der Waals surface area contributed by atoms with Crippen LogP contribution in [0.1, 0.15) is 52.6 Å². The van der Waals surface area contributed by atoms with Crippen LogP contribution in [0.25, 0.3) is 0 Å². The third kappa shape index (κ3) is 2.06. The highest BCUT2D eigenvalue weighted by molar-refractivity contribution is 6.29. The second kappa shape index (κ2) is 4.77. The molecule has 23 heavy (non-hydrogen) atoms. The predicted molar refractivity (Wildman–Crippen MR) is 78.1 cm³/mol. The van der Waals surface area contributed by atoms with Crippen LogP contribution < -0.4 is 5.73 Å². The topological polar surface area (TPSA) is 135 Å². The van der Waals surface area contributed by atoms with Crippen LogP contribution >= 0.6 is 0 Å². The zero-order valence-corrected chi connectivity index (χ0v) is 11.5. The van der Waals surface area contributed by atoms with Gasteiger partial charge in [0.25, 0.3) is 0 Å². The lowest BCUT2D eigenvalue weighted by Gasteiger charge is -2.19. The summed E-state index contributed by atoms with van der Waals surface area (Å²) >= 11 is 0. The van der Waals surface area contributed by atoms with E-state index < -0.39 is 34.6 Å². The van der Waals surface area contributed by atoms with Crippen molar-refractivity contribution in [2.75, 3.05) is 5.73 Å². The molecule has 7 nitrogen and oxygen atoms in total. The molecule has 0 spiro atoms. The number of aromatic carboxylic acids is 2. The normalized spacial score (nSPS) is 12.5. The van der Waals surface area contributed by atoms with Crippen LogP contribution in [-0.2, 0) is 0 Å². The highest BCUT2D eigenvalue weighted by atomic mass is 16.4. The largest absolute Gasteiger partial charge is 0.478 e. The molecule has 4 N–H and O–H groups in total. The zero-order valence-electron chi connectivity index (χ0n) is 11.5. The van der Waals surface area contributed by atoms with Crippen molar-refractivity contribution in [1.29, 1.82) is 0 Å². The van der Waals surface area contributed by atoms with E-state index in [1.807, 2.05) is 0 Å². The number of ketones is 2. The maximum Gasteiger partial charge on any atom is 0.336 e. The highest BCUT2D eigenvalue weighted by Crippen LogP contribution is 2.30. The summed E-state index contributed by atoms with van der Waals surface area (Å²) in [6.45, 7) is 0. The number of anilines is 1. The van der Waals surface area contributed by atoms with Crippen molar-refractivity contribution in [3.05, 3.63) is 63.7 Å². The minimum absolute atomic E-state index is 0.0712. The maximum atomic E-state index is 12.5. The number of fused-ring (bicyclic) bond motifs is 2. The first-order valence-electron chi connectivity index (χ1n) is 6.45. The van der Waals surface area contributed by atoms with Crippen molar-refractivity contribution in [2.45, 2.75) is 0 Å². The van der Waals surface area contributed by atoms with Gasteiger partial charge in [0.15, 0.2) is 11.6 Å². The number of rotatable bonds is 2. The molecule has 0 aliphatic heterocycles. The van der Waals surface area contributed by atoms with E-state index in [-0.39, 0.29) is 27.9 Å². The van der Waals surface area contributed by atoms with Crippen LogP contribution in [0.5, 0.6) is 0 Å². The molecule has 0 atom stereocenters. The second-order valence-corrected chi connectivity index (χ2v) is 5.02. The summed E-state index contributed by atoms with van der Waals surface area (Å²) in [4.78, 5) is 47.4. The van der Waals surface area contributed by atoms with Crippen molar-refractivity contribution in [3.63, 3.8) is 0 Å². The van der Waals surface area contributed by atoms with E-state index in [2.05, 4.69) is 0 Å². The molecule has 2 aromatic carbocycles. The Kier molecular flexibility index (Phi) is 3.00. The van der Waals surface area contributed by atoms with E-state index in [9.17, 15) is 19.2 Å². The van der Waals surface area contributed by atoms with E-state index >= 15 is 0 Å². The Hall–Kier alpha value is -3.48. The molecule has 3 rings (SSSR count). The van der Waals surface area contributed by atoms with E-state index in [0.29, 0.717) is 0 Å². The van der Waals surface area contributed by atoms with E-state index in [0.717, 1.165) is 12.1 Å². The number of carboxylic acids is 2. The second-order valence-electron chi connectivity index (χ2n) is 5.02. The van der Waals surface area contributed by atoms with Gasteiger partial charge in [-0.05, 0) is 30.3 Å². The number of carbonyl (C=O) groups is 4. The van der Waals surface area contributed by atoms with Gasteiger partial charge >= 0.3 is 11.9 Å². The first-order chi connectivity index (χ1) is 10.8. The molecular formula is C16H9NO6. The van der Waals surface area contributed by atoms with Crippen molar-refractivity contribution in [3.8, 4) is 0 Å². The number of hydrogen-bond donors (Lipinski definition) is 3. The van der Waals surface area contributed by atoms with Gasteiger partial charge in [0.1, 0.15) is 0 Å². The Morgan fingerprint density at radius 3 is 1.65 bits per heavy atom. The van der Waals surface area contributed by atoms with Gasteiger partial charge in [0.2, 0.25) is 0 Å². The van der Waals surface area contributed by atoms with Gasteiger partial charge in [-0.3, -0.25) is 9.59 Å². The minimum atomic E-state index is -1.50. The quantitative estimate of drug-likeness (QED) is 0.609. The molecule has 2 aromatic rings. The molecule has 0 bridgehead atoms. The molecule has 0 radical (unpaired) electrons. The van der Waals surface area contributed by atoms with Crippen molar-refractivity contribution < 1.29 is 29.4 Å². The van der Waals surface area contributed by atoms with Crippen molar-refractivity contribution in [1.82, 2.24) is 0 Å². The Labute approximate surface area is 129 Å². The van der Waals surface area contributed by atoms with E-state index in [1.54, 1.807) is 0 Å². The SMILES string of the molecule is Nc1ccc2c(c1)C(=O)c1cc(C(=O)O)c(C(=O)O)cc1C2=O. The molecule has 0 heterocycles. The Morgan fingerprint density at radius 2 is 1.17 bits per heavy atom. The third-order valence-corrected chi connectivity index (χ3v) is 3.64. The molecule has 7 heteroatoms. The number of hydrogen-bond acceptors (Lipinski definition) is 5. The Bertz CT molecular complexity index is 928.